The van der Waals surface area contributed by atoms with Crippen LogP contribution in [0.3, 0.4) is 0 Å². The van der Waals surface area contributed by atoms with E-state index in [0.717, 1.165) is 0 Å². The Morgan fingerprint density at radius 3 is 2.60 bits per heavy atom. The normalized spacial score (nSPS) is 18.8. The third kappa shape index (κ3) is 3.54. The molecule has 0 spiro atoms. The molecule has 1 atom stereocenters. The summed E-state index contributed by atoms with van der Waals surface area (Å²) in [4.78, 5) is 18.5. The van der Waals surface area contributed by atoms with E-state index in [4.69, 9.17) is 4.74 Å². The minimum Gasteiger partial charge on any atom is -0.371 e. The fourth-order valence-electron chi connectivity index (χ4n) is 2.99. The average Bonchev–Trinajstić information content (AvgIpc) is 2.82. The van der Waals surface area contributed by atoms with Crippen molar-refractivity contribution in [3.8, 4) is 11.8 Å². The van der Waals surface area contributed by atoms with Gasteiger partial charge in [0.2, 0.25) is 0 Å². The molecule has 0 N–H and O–H groups in total. The third-order valence-electron chi connectivity index (χ3n) is 4.20. The van der Waals surface area contributed by atoms with Gasteiger partial charge in [-0.25, -0.2) is 9.37 Å². The second-order valence-electron chi connectivity index (χ2n) is 6.69. The molecule has 128 valence electrons. The molecule has 2 heterocycles. The number of anilines is 1. The first kappa shape index (κ1) is 17.1. The third-order valence-corrected chi connectivity index (χ3v) is 4.20. The van der Waals surface area contributed by atoms with Crippen LogP contribution in [0.4, 0.5) is 10.2 Å². The topological polar surface area (TPSA) is 42.4 Å². The summed E-state index contributed by atoms with van der Waals surface area (Å²) in [5, 5.41) is 0. The number of ether oxygens (including phenoxy) is 1. The minimum atomic E-state index is -0.471. The summed E-state index contributed by atoms with van der Waals surface area (Å²) in [6.07, 6.45) is 1.14. The number of pyridine rings is 1. The fourth-order valence-corrected chi connectivity index (χ4v) is 2.99. The molecule has 1 fully saturated rings. The average molecular weight is 338 g/mol. The van der Waals surface area contributed by atoms with Crippen molar-refractivity contribution in [2.45, 2.75) is 20.0 Å². The zero-order valence-corrected chi connectivity index (χ0v) is 14.4. The summed E-state index contributed by atoms with van der Waals surface area (Å²) in [5.41, 5.74) is 1.02. The van der Waals surface area contributed by atoms with Crippen LogP contribution in [0, 0.1) is 23.1 Å². The first-order valence-corrected chi connectivity index (χ1v) is 7.98. The van der Waals surface area contributed by atoms with Gasteiger partial charge in [-0.3, -0.25) is 9.69 Å². The van der Waals surface area contributed by atoms with Crippen LogP contribution in [0.25, 0.3) is 0 Å². The molecule has 4 nitrogen and oxygen atoms in total. The molecule has 0 bridgehead atoms. The maximum absolute atomic E-state index is 13.2. The van der Waals surface area contributed by atoms with Crippen LogP contribution in [0.2, 0.25) is 0 Å². The summed E-state index contributed by atoms with van der Waals surface area (Å²) in [6.45, 7) is 4.54. The van der Waals surface area contributed by atoms with Gasteiger partial charge in [0.1, 0.15) is 17.7 Å². The van der Waals surface area contributed by atoms with Crippen LogP contribution >= 0.6 is 0 Å². The van der Waals surface area contributed by atoms with Crippen molar-refractivity contribution in [1.29, 1.82) is 0 Å². The first-order valence-electron chi connectivity index (χ1n) is 7.98. The standard InChI is InChI=1S/C20H19FN2O2/c1-20(2)13-23(19(24)18(20)25-3)17-10-9-15(12-22-17)8-7-14-5-4-6-16(21)11-14/h4-6,9-12,18H,13H2,1-3H3. The van der Waals surface area contributed by atoms with Gasteiger partial charge in [0, 0.05) is 36.4 Å². The molecule has 0 aliphatic carbocycles. The molecule has 1 amide bonds. The quantitative estimate of drug-likeness (QED) is 0.791. The van der Waals surface area contributed by atoms with Crippen LogP contribution in [0.5, 0.6) is 0 Å². The van der Waals surface area contributed by atoms with E-state index in [1.807, 2.05) is 13.8 Å². The largest absolute Gasteiger partial charge is 0.371 e. The van der Waals surface area contributed by atoms with Gasteiger partial charge in [0.15, 0.2) is 0 Å². The Morgan fingerprint density at radius 2 is 2.00 bits per heavy atom. The van der Waals surface area contributed by atoms with Gasteiger partial charge in [0.05, 0.1) is 0 Å². The molecule has 1 aliphatic rings. The number of amides is 1. The van der Waals surface area contributed by atoms with E-state index in [9.17, 15) is 9.18 Å². The Morgan fingerprint density at radius 1 is 1.24 bits per heavy atom. The zero-order valence-electron chi connectivity index (χ0n) is 14.4. The molecule has 2 aromatic rings. The van der Waals surface area contributed by atoms with Crippen molar-refractivity contribution in [1.82, 2.24) is 4.98 Å². The number of methoxy groups -OCH3 is 1. The highest BCUT2D eigenvalue weighted by atomic mass is 19.1. The molecule has 1 aromatic carbocycles. The van der Waals surface area contributed by atoms with E-state index in [0.29, 0.717) is 23.5 Å². The van der Waals surface area contributed by atoms with E-state index in [1.54, 1.807) is 42.5 Å². The van der Waals surface area contributed by atoms with Crippen molar-refractivity contribution in [2.24, 2.45) is 5.41 Å². The SMILES string of the molecule is COC1C(=O)N(c2ccc(C#Cc3cccc(F)c3)cn2)CC1(C)C. The Kier molecular flexibility index (Phi) is 4.56. The highest BCUT2D eigenvalue weighted by Crippen LogP contribution is 2.34. The van der Waals surface area contributed by atoms with E-state index in [1.165, 1.54) is 12.1 Å². The van der Waals surface area contributed by atoms with Crippen molar-refractivity contribution in [2.75, 3.05) is 18.6 Å². The molecule has 5 heteroatoms. The van der Waals surface area contributed by atoms with Gasteiger partial charge >= 0.3 is 0 Å². The Labute approximate surface area is 146 Å². The number of hydrogen-bond acceptors (Lipinski definition) is 3. The lowest BCUT2D eigenvalue weighted by atomic mass is 9.90. The Balaban J connectivity index is 1.79. The van der Waals surface area contributed by atoms with Crippen LogP contribution in [0.1, 0.15) is 25.0 Å². The lowest BCUT2D eigenvalue weighted by molar-refractivity contribution is -0.128. The zero-order chi connectivity index (χ0) is 18.0. The minimum absolute atomic E-state index is 0.0846. The lowest BCUT2D eigenvalue weighted by Gasteiger charge is -2.21. The highest BCUT2D eigenvalue weighted by Gasteiger charge is 2.47. The van der Waals surface area contributed by atoms with Crippen molar-refractivity contribution in [3.63, 3.8) is 0 Å². The predicted molar refractivity (Wildman–Crippen MR) is 93.5 cm³/mol. The summed E-state index contributed by atoms with van der Waals surface area (Å²) in [7, 11) is 1.55. The number of carbonyl (C=O) groups is 1. The van der Waals surface area contributed by atoms with Gasteiger partial charge in [-0.2, -0.15) is 0 Å². The van der Waals surface area contributed by atoms with Gasteiger partial charge in [-0.1, -0.05) is 31.8 Å². The summed E-state index contributed by atoms with van der Waals surface area (Å²) < 4.78 is 18.5. The summed E-state index contributed by atoms with van der Waals surface area (Å²) in [5.74, 6) is 6.02. The Hall–Kier alpha value is -2.71. The summed E-state index contributed by atoms with van der Waals surface area (Å²) in [6, 6.07) is 9.69. The van der Waals surface area contributed by atoms with Crippen LogP contribution in [0.15, 0.2) is 42.6 Å². The molecule has 1 saturated heterocycles. The highest BCUT2D eigenvalue weighted by molar-refractivity contribution is 5.99. The molecule has 0 saturated carbocycles. The second kappa shape index (κ2) is 6.66. The monoisotopic (exact) mass is 338 g/mol. The first-order chi connectivity index (χ1) is 11.9. The molecule has 3 rings (SSSR count). The number of nitrogens with zero attached hydrogens (tertiary/aromatic N) is 2. The maximum Gasteiger partial charge on any atom is 0.257 e. The van der Waals surface area contributed by atoms with Gasteiger partial charge in [0.25, 0.3) is 5.91 Å². The van der Waals surface area contributed by atoms with E-state index in [-0.39, 0.29) is 17.1 Å². The van der Waals surface area contributed by atoms with E-state index >= 15 is 0 Å². The molecule has 25 heavy (non-hydrogen) atoms. The number of hydrogen-bond donors (Lipinski definition) is 0. The molecule has 1 aliphatic heterocycles. The molecule has 1 aromatic heterocycles. The van der Waals surface area contributed by atoms with Crippen molar-refractivity contribution >= 4 is 11.7 Å². The number of benzene rings is 1. The maximum atomic E-state index is 13.2. The van der Waals surface area contributed by atoms with Crippen LogP contribution < -0.4 is 4.90 Å². The van der Waals surface area contributed by atoms with Gasteiger partial charge in [-0.15, -0.1) is 0 Å². The number of carbonyl (C=O) groups excluding carboxylic acids is 1. The molecular weight excluding hydrogens is 319 g/mol. The molecule has 0 radical (unpaired) electrons. The molecule has 1 unspecified atom stereocenters. The van der Waals surface area contributed by atoms with E-state index in [2.05, 4.69) is 16.8 Å². The smallest absolute Gasteiger partial charge is 0.257 e. The summed E-state index contributed by atoms with van der Waals surface area (Å²) >= 11 is 0. The van der Waals surface area contributed by atoms with Gasteiger partial charge < -0.3 is 4.74 Å². The van der Waals surface area contributed by atoms with Crippen LogP contribution in [-0.4, -0.2) is 30.6 Å². The van der Waals surface area contributed by atoms with Gasteiger partial charge in [-0.05, 0) is 30.3 Å². The number of aromatic nitrogens is 1. The fraction of sp³-hybridized carbons (Fsp3) is 0.300. The van der Waals surface area contributed by atoms with Crippen LogP contribution in [-0.2, 0) is 9.53 Å². The Bertz CT molecular complexity index is 850. The van der Waals surface area contributed by atoms with E-state index < -0.39 is 6.10 Å². The van der Waals surface area contributed by atoms with Crippen molar-refractivity contribution in [3.05, 3.63) is 59.5 Å². The lowest BCUT2D eigenvalue weighted by Crippen LogP contribution is -2.33. The number of rotatable bonds is 2. The second-order valence-corrected chi connectivity index (χ2v) is 6.69. The number of halogens is 1. The molecular formula is C20H19FN2O2. The predicted octanol–water partition coefficient (Wildman–Crippen LogP) is 3.01. The van der Waals surface area contributed by atoms with Crippen molar-refractivity contribution < 1.29 is 13.9 Å².